The molecule has 1 aromatic rings. The first-order chi connectivity index (χ1) is 8.52. The van der Waals surface area contributed by atoms with Crippen molar-refractivity contribution in [3.8, 4) is 0 Å². The summed E-state index contributed by atoms with van der Waals surface area (Å²) in [7, 11) is 5.78. The van der Waals surface area contributed by atoms with Gasteiger partial charge < -0.3 is 15.5 Å². The maximum Gasteiger partial charge on any atom is 0.272 e. The van der Waals surface area contributed by atoms with Crippen LogP contribution in [0.3, 0.4) is 0 Å². The van der Waals surface area contributed by atoms with Gasteiger partial charge in [-0.2, -0.15) is 0 Å². The number of rotatable bonds is 6. The lowest BCUT2D eigenvalue weighted by Crippen LogP contribution is -2.35. The number of carbonyl (C=O) groups is 1. The molecule has 1 rings (SSSR count). The highest BCUT2D eigenvalue weighted by Gasteiger charge is 2.11. The fourth-order valence-electron chi connectivity index (χ4n) is 1.41. The fourth-order valence-corrected chi connectivity index (χ4v) is 1.41. The molecule has 0 fully saturated rings. The van der Waals surface area contributed by atoms with E-state index in [0.717, 1.165) is 13.0 Å². The molecule has 1 atom stereocenters. The van der Waals surface area contributed by atoms with Crippen molar-refractivity contribution in [1.82, 2.24) is 20.4 Å². The van der Waals surface area contributed by atoms with Gasteiger partial charge in [0.1, 0.15) is 5.82 Å². The summed E-state index contributed by atoms with van der Waals surface area (Å²) in [5, 5.41) is 13.5. The highest BCUT2D eigenvalue weighted by molar-refractivity contribution is 5.92. The SMILES string of the molecule is CNc1ccc(C(=O)NC(C)CCN(C)C)nn1. The normalized spacial score (nSPS) is 12.3. The van der Waals surface area contributed by atoms with E-state index in [2.05, 4.69) is 25.7 Å². The molecule has 0 aromatic carbocycles. The Kier molecular flexibility index (Phi) is 5.51. The monoisotopic (exact) mass is 251 g/mol. The first-order valence-electron chi connectivity index (χ1n) is 6.00. The van der Waals surface area contributed by atoms with Crippen molar-refractivity contribution in [2.24, 2.45) is 0 Å². The molecule has 0 aliphatic heterocycles. The van der Waals surface area contributed by atoms with Gasteiger partial charge in [0.05, 0.1) is 0 Å². The highest BCUT2D eigenvalue weighted by Crippen LogP contribution is 2.01. The number of nitrogens with one attached hydrogen (secondary N) is 2. The van der Waals surface area contributed by atoms with Gasteiger partial charge in [-0.3, -0.25) is 4.79 Å². The number of aromatic nitrogens is 2. The smallest absolute Gasteiger partial charge is 0.272 e. The molecule has 100 valence electrons. The van der Waals surface area contributed by atoms with E-state index in [1.165, 1.54) is 0 Å². The number of hydrogen-bond acceptors (Lipinski definition) is 5. The number of hydrogen-bond donors (Lipinski definition) is 2. The van der Waals surface area contributed by atoms with Gasteiger partial charge in [-0.25, -0.2) is 0 Å². The van der Waals surface area contributed by atoms with E-state index >= 15 is 0 Å². The molecule has 2 N–H and O–H groups in total. The van der Waals surface area contributed by atoms with Crippen LogP contribution in [0.1, 0.15) is 23.8 Å². The standard InChI is InChI=1S/C12H21N5O/c1-9(7-8-17(3)4)14-12(18)10-5-6-11(13-2)16-15-10/h5-6,9H,7-8H2,1-4H3,(H,13,16)(H,14,18). The number of carbonyl (C=O) groups excluding carboxylic acids is 1. The fraction of sp³-hybridized carbons (Fsp3) is 0.583. The molecule has 0 spiro atoms. The van der Waals surface area contributed by atoms with Crippen LogP contribution >= 0.6 is 0 Å². The van der Waals surface area contributed by atoms with E-state index in [4.69, 9.17) is 0 Å². The lowest BCUT2D eigenvalue weighted by atomic mass is 10.2. The second kappa shape index (κ2) is 6.90. The Bertz CT molecular complexity index is 377. The summed E-state index contributed by atoms with van der Waals surface area (Å²) >= 11 is 0. The molecule has 0 saturated heterocycles. The van der Waals surface area contributed by atoms with Crippen molar-refractivity contribution in [2.75, 3.05) is 33.0 Å². The van der Waals surface area contributed by atoms with Gasteiger partial charge in [0, 0.05) is 13.1 Å². The van der Waals surface area contributed by atoms with Crippen molar-refractivity contribution in [2.45, 2.75) is 19.4 Å². The molecule has 0 aliphatic rings. The molecule has 6 nitrogen and oxygen atoms in total. The van der Waals surface area contributed by atoms with Crippen LogP contribution in [0.5, 0.6) is 0 Å². The highest BCUT2D eigenvalue weighted by atomic mass is 16.2. The van der Waals surface area contributed by atoms with Gasteiger partial charge in [0.25, 0.3) is 5.91 Å². The average molecular weight is 251 g/mol. The zero-order chi connectivity index (χ0) is 13.5. The molecule has 0 saturated carbocycles. The Morgan fingerprint density at radius 3 is 2.61 bits per heavy atom. The Hall–Kier alpha value is -1.69. The molecule has 18 heavy (non-hydrogen) atoms. The van der Waals surface area contributed by atoms with Crippen LogP contribution in [0.2, 0.25) is 0 Å². The van der Waals surface area contributed by atoms with Crippen LogP contribution in [0.4, 0.5) is 5.82 Å². The first kappa shape index (κ1) is 14.4. The van der Waals surface area contributed by atoms with Crippen LogP contribution in [-0.4, -0.2) is 54.7 Å². The summed E-state index contributed by atoms with van der Waals surface area (Å²) in [6.45, 7) is 2.92. The average Bonchev–Trinajstić information content (AvgIpc) is 2.36. The van der Waals surface area contributed by atoms with Crippen LogP contribution < -0.4 is 10.6 Å². The summed E-state index contributed by atoms with van der Waals surface area (Å²) in [5.41, 5.74) is 0.339. The van der Waals surface area contributed by atoms with Gasteiger partial charge >= 0.3 is 0 Å². The molecule has 1 heterocycles. The Morgan fingerprint density at radius 2 is 2.11 bits per heavy atom. The van der Waals surface area contributed by atoms with Gasteiger partial charge in [-0.05, 0) is 46.1 Å². The minimum absolute atomic E-state index is 0.116. The summed E-state index contributed by atoms with van der Waals surface area (Å²) < 4.78 is 0. The number of anilines is 1. The predicted octanol–water partition coefficient (Wildman–Crippen LogP) is 0.588. The third-order valence-electron chi connectivity index (χ3n) is 2.54. The maximum atomic E-state index is 11.9. The molecular formula is C12H21N5O. The Balaban J connectivity index is 2.48. The van der Waals surface area contributed by atoms with Crippen molar-refractivity contribution < 1.29 is 4.79 Å². The topological polar surface area (TPSA) is 70.2 Å². The van der Waals surface area contributed by atoms with E-state index in [1.807, 2.05) is 21.0 Å². The molecule has 0 aliphatic carbocycles. The number of nitrogens with zero attached hydrogens (tertiary/aromatic N) is 3. The summed E-state index contributed by atoms with van der Waals surface area (Å²) in [5.74, 6) is 0.462. The zero-order valence-corrected chi connectivity index (χ0v) is 11.4. The third kappa shape index (κ3) is 4.67. The van der Waals surface area contributed by atoms with Gasteiger partial charge in [0.15, 0.2) is 5.69 Å². The number of amides is 1. The van der Waals surface area contributed by atoms with Crippen LogP contribution in [0.15, 0.2) is 12.1 Å². The van der Waals surface area contributed by atoms with E-state index < -0.39 is 0 Å². The summed E-state index contributed by atoms with van der Waals surface area (Å²) in [6.07, 6.45) is 0.904. The lowest BCUT2D eigenvalue weighted by molar-refractivity contribution is 0.0930. The lowest BCUT2D eigenvalue weighted by Gasteiger charge is -2.16. The Morgan fingerprint density at radius 1 is 1.39 bits per heavy atom. The molecule has 1 amide bonds. The molecule has 0 bridgehead atoms. The van der Waals surface area contributed by atoms with Crippen molar-refractivity contribution in [1.29, 1.82) is 0 Å². The van der Waals surface area contributed by atoms with Gasteiger partial charge in [0.2, 0.25) is 0 Å². The predicted molar refractivity (Wildman–Crippen MR) is 71.7 cm³/mol. The third-order valence-corrected chi connectivity index (χ3v) is 2.54. The summed E-state index contributed by atoms with van der Waals surface area (Å²) in [4.78, 5) is 13.9. The first-order valence-corrected chi connectivity index (χ1v) is 6.00. The van der Waals surface area contributed by atoms with Gasteiger partial charge in [-0.15, -0.1) is 10.2 Å². The second-order valence-corrected chi connectivity index (χ2v) is 4.52. The van der Waals surface area contributed by atoms with Crippen molar-refractivity contribution >= 4 is 11.7 Å². The van der Waals surface area contributed by atoms with E-state index in [9.17, 15) is 4.79 Å². The zero-order valence-electron chi connectivity index (χ0n) is 11.4. The quantitative estimate of drug-likeness (QED) is 0.774. The summed E-state index contributed by atoms with van der Waals surface area (Å²) in [6, 6.07) is 3.50. The van der Waals surface area contributed by atoms with E-state index in [1.54, 1.807) is 19.2 Å². The molecule has 6 heteroatoms. The minimum atomic E-state index is -0.184. The maximum absolute atomic E-state index is 11.9. The van der Waals surface area contributed by atoms with E-state index in [-0.39, 0.29) is 11.9 Å². The van der Waals surface area contributed by atoms with Crippen LogP contribution in [-0.2, 0) is 0 Å². The van der Waals surface area contributed by atoms with Gasteiger partial charge in [-0.1, -0.05) is 0 Å². The van der Waals surface area contributed by atoms with Crippen molar-refractivity contribution in [3.05, 3.63) is 17.8 Å². The van der Waals surface area contributed by atoms with E-state index in [0.29, 0.717) is 11.5 Å². The largest absolute Gasteiger partial charge is 0.372 e. The minimum Gasteiger partial charge on any atom is -0.372 e. The molecular weight excluding hydrogens is 230 g/mol. The van der Waals surface area contributed by atoms with Crippen LogP contribution in [0.25, 0.3) is 0 Å². The Labute approximate surface area is 108 Å². The molecule has 1 aromatic heterocycles. The molecule has 1 unspecified atom stereocenters. The second-order valence-electron chi connectivity index (χ2n) is 4.52. The van der Waals surface area contributed by atoms with Crippen molar-refractivity contribution in [3.63, 3.8) is 0 Å². The molecule has 0 radical (unpaired) electrons. The van der Waals surface area contributed by atoms with Crippen LogP contribution in [0, 0.1) is 0 Å².